The molecule has 34 heavy (non-hydrogen) atoms. The average Bonchev–Trinajstić information content (AvgIpc) is 2.83. The van der Waals surface area contributed by atoms with E-state index in [9.17, 15) is 18.0 Å². The van der Waals surface area contributed by atoms with Gasteiger partial charge in [-0.05, 0) is 52.7 Å². The Morgan fingerprint density at radius 3 is 2.50 bits per heavy atom. The summed E-state index contributed by atoms with van der Waals surface area (Å²) < 4.78 is 45.8. The van der Waals surface area contributed by atoms with Gasteiger partial charge in [-0.25, -0.2) is 5.43 Å². The third-order valence-electron chi connectivity index (χ3n) is 5.05. The molecule has 1 N–H and O–H groups in total. The molecule has 0 heterocycles. The molecule has 0 aliphatic heterocycles. The lowest BCUT2D eigenvalue weighted by Gasteiger charge is -2.12. The van der Waals surface area contributed by atoms with Gasteiger partial charge in [0.05, 0.1) is 11.8 Å². The van der Waals surface area contributed by atoms with Gasteiger partial charge in [-0.1, -0.05) is 64.5 Å². The molecule has 0 spiro atoms. The lowest BCUT2D eigenvalue weighted by molar-refractivity contribution is -0.137. The minimum Gasteiger partial charge on any atom is -0.488 e. The van der Waals surface area contributed by atoms with E-state index >= 15 is 0 Å². The zero-order chi connectivity index (χ0) is 24.1. The minimum absolute atomic E-state index is 0.142. The maximum atomic E-state index is 12.9. The number of carbonyl (C=O) groups is 1. The van der Waals surface area contributed by atoms with Crippen molar-refractivity contribution in [2.75, 3.05) is 0 Å². The van der Waals surface area contributed by atoms with Gasteiger partial charge in [0.15, 0.2) is 0 Å². The lowest BCUT2D eigenvalue weighted by Crippen LogP contribution is -2.18. The second kappa shape index (κ2) is 10.1. The molecule has 0 radical (unpaired) electrons. The van der Waals surface area contributed by atoms with Crippen molar-refractivity contribution in [2.45, 2.75) is 12.8 Å². The summed E-state index contributed by atoms with van der Waals surface area (Å²) >= 11 is 3.40. The average molecular weight is 527 g/mol. The number of nitrogens with one attached hydrogen (secondary N) is 1. The van der Waals surface area contributed by atoms with Crippen LogP contribution in [0.3, 0.4) is 0 Å². The monoisotopic (exact) mass is 526 g/mol. The van der Waals surface area contributed by atoms with Crippen molar-refractivity contribution in [1.29, 1.82) is 0 Å². The van der Waals surface area contributed by atoms with Crippen molar-refractivity contribution in [2.24, 2.45) is 5.10 Å². The van der Waals surface area contributed by atoms with Crippen LogP contribution in [0, 0.1) is 0 Å². The summed E-state index contributed by atoms with van der Waals surface area (Å²) in [4.78, 5) is 12.4. The first-order chi connectivity index (χ1) is 16.3. The van der Waals surface area contributed by atoms with Crippen molar-refractivity contribution in [3.63, 3.8) is 0 Å². The first kappa shape index (κ1) is 23.5. The standard InChI is InChI=1S/C26H18BrF3N2O2/c27-21-11-8-17(9-12-21)16-34-24-13-10-18-4-1-2-7-22(18)23(24)15-31-32-25(33)19-5-3-6-20(14-19)26(28,29)30/h1-15H,16H2,(H,32,33)/b31-15-. The van der Waals surface area contributed by atoms with E-state index < -0.39 is 17.6 Å². The maximum absolute atomic E-state index is 12.9. The number of rotatable bonds is 6. The van der Waals surface area contributed by atoms with Crippen molar-refractivity contribution in [3.8, 4) is 5.75 Å². The molecule has 0 aliphatic carbocycles. The molecule has 0 saturated carbocycles. The van der Waals surface area contributed by atoms with E-state index in [1.807, 2.05) is 60.7 Å². The predicted molar refractivity (Wildman–Crippen MR) is 129 cm³/mol. The van der Waals surface area contributed by atoms with E-state index in [-0.39, 0.29) is 5.56 Å². The van der Waals surface area contributed by atoms with Gasteiger partial charge in [-0.15, -0.1) is 0 Å². The molecule has 4 nitrogen and oxygen atoms in total. The van der Waals surface area contributed by atoms with Crippen LogP contribution in [-0.2, 0) is 12.8 Å². The molecule has 4 aromatic rings. The van der Waals surface area contributed by atoms with Crippen LogP contribution in [0.15, 0.2) is 94.5 Å². The molecule has 0 bridgehead atoms. The highest BCUT2D eigenvalue weighted by molar-refractivity contribution is 9.10. The summed E-state index contributed by atoms with van der Waals surface area (Å²) in [5.41, 5.74) is 2.87. The molecule has 172 valence electrons. The van der Waals surface area contributed by atoms with Crippen LogP contribution in [0.5, 0.6) is 5.75 Å². The lowest BCUT2D eigenvalue weighted by atomic mass is 10.0. The van der Waals surface area contributed by atoms with Gasteiger partial charge >= 0.3 is 6.18 Å². The predicted octanol–water partition coefficient (Wildman–Crippen LogP) is 6.96. The van der Waals surface area contributed by atoms with Gasteiger partial charge < -0.3 is 4.74 Å². The van der Waals surface area contributed by atoms with E-state index in [0.29, 0.717) is 17.9 Å². The second-order valence-electron chi connectivity index (χ2n) is 7.39. The SMILES string of the molecule is O=C(N/N=C\c1c(OCc2ccc(Br)cc2)ccc2ccccc12)c1cccc(C(F)(F)F)c1. The molecule has 1 amide bonds. The van der Waals surface area contributed by atoms with Gasteiger partial charge in [0.1, 0.15) is 12.4 Å². The molecule has 0 fully saturated rings. The van der Waals surface area contributed by atoms with E-state index in [4.69, 9.17) is 4.74 Å². The van der Waals surface area contributed by atoms with Crippen LogP contribution in [0.25, 0.3) is 10.8 Å². The largest absolute Gasteiger partial charge is 0.488 e. The molecule has 4 rings (SSSR count). The fraction of sp³-hybridized carbons (Fsp3) is 0.0769. The molecule has 8 heteroatoms. The van der Waals surface area contributed by atoms with Crippen LogP contribution >= 0.6 is 15.9 Å². The third kappa shape index (κ3) is 5.63. The third-order valence-corrected chi connectivity index (χ3v) is 5.58. The van der Waals surface area contributed by atoms with E-state index in [1.165, 1.54) is 18.3 Å². The zero-order valence-corrected chi connectivity index (χ0v) is 19.2. The number of hydrogen-bond donors (Lipinski definition) is 1. The van der Waals surface area contributed by atoms with Gasteiger partial charge in [0.25, 0.3) is 5.91 Å². The molecule has 0 aromatic heterocycles. The molecule has 0 atom stereocenters. The molecule has 4 aromatic carbocycles. The van der Waals surface area contributed by atoms with Gasteiger partial charge in [-0.3, -0.25) is 4.79 Å². The van der Waals surface area contributed by atoms with Crippen molar-refractivity contribution in [1.82, 2.24) is 5.43 Å². The normalized spacial score (nSPS) is 11.6. The zero-order valence-electron chi connectivity index (χ0n) is 17.6. The summed E-state index contributed by atoms with van der Waals surface area (Å²) in [7, 11) is 0. The number of alkyl halides is 3. The first-order valence-electron chi connectivity index (χ1n) is 10.2. The quantitative estimate of drug-likeness (QED) is 0.218. The minimum atomic E-state index is -4.54. The Bertz CT molecular complexity index is 1350. The van der Waals surface area contributed by atoms with E-state index in [0.717, 1.165) is 32.9 Å². The number of ether oxygens (including phenoxy) is 1. The van der Waals surface area contributed by atoms with Crippen LogP contribution in [0.4, 0.5) is 13.2 Å². The molecular weight excluding hydrogens is 509 g/mol. The summed E-state index contributed by atoms with van der Waals surface area (Å²) in [6.45, 7) is 0.322. The second-order valence-corrected chi connectivity index (χ2v) is 8.31. The highest BCUT2D eigenvalue weighted by Gasteiger charge is 2.30. The van der Waals surface area contributed by atoms with Gasteiger partial charge in [0, 0.05) is 15.6 Å². The van der Waals surface area contributed by atoms with E-state index in [2.05, 4.69) is 26.5 Å². The number of halogens is 4. The molecule has 0 aliphatic rings. The highest BCUT2D eigenvalue weighted by atomic mass is 79.9. The number of carbonyl (C=O) groups excluding carboxylic acids is 1. The van der Waals surface area contributed by atoms with Crippen LogP contribution in [0.1, 0.15) is 27.0 Å². The Hall–Kier alpha value is -3.65. The molecular formula is C26H18BrF3N2O2. The summed E-state index contributed by atoms with van der Waals surface area (Å²) in [6, 6.07) is 23.2. The Morgan fingerprint density at radius 2 is 1.74 bits per heavy atom. The Kier molecular flexibility index (Phi) is 6.98. The summed E-state index contributed by atoms with van der Waals surface area (Å²) in [5, 5.41) is 5.80. The van der Waals surface area contributed by atoms with Gasteiger partial charge in [0.2, 0.25) is 0 Å². The van der Waals surface area contributed by atoms with Gasteiger partial charge in [-0.2, -0.15) is 18.3 Å². The van der Waals surface area contributed by atoms with Crippen molar-refractivity contribution in [3.05, 3.63) is 112 Å². The number of fused-ring (bicyclic) bond motifs is 1. The smallest absolute Gasteiger partial charge is 0.416 e. The number of hydrogen-bond acceptors (Lipinski definition) is 3. The summed E-state index contributed by atoms with van der Waals surface area (Å²) in [5.74, 6) is -0.196. The van der Waals surface area contributed by atoms with Crippen molar-refractivity contribution >= 4 is 38.8 Å². The Balaban J connectivity index is 1.57. The number of benzene rings is 4. The number of hydrazone groups is 1. The first-order valence-corrected chi connectivity index (χ1v) is 11.0. The van der Waals surface area contributed by atoms with Crippen LogP contribution < -0.4 is 10.2 Å². The fourth-order valence-electron chi connectivity index (χ4n) is 3.33. The van der Waals surface area contributed by atoms with Crippen LogP contribution in [-0.4, -0.2) is 12.1 Å². The fourth-order valence-corrected chi connectivity index (χ4v) is 3.60. The summed E-state index contributed by atoms with van der Waals surface area (Å²) in [6.07, 6.45) is -3.10. The number of nitrogens with zero attached hydrogens (tertiary/aromatic N) is 1. The van der Waals surface area contributed by atoms with Crippen molar-refractivity contribution < 1.29 is 22.7 Å². The Labute approximate surface area is 202 Å². The molecule has 0 saturated heterocycles. The molecule has 0 unspecified atom stereocenters. The Morgan fingerprint density at radius 1 is 0.971 bits per heavy atom. The maximum Gasteiger partial charge on any atom is 0.416 e. The highest BCUT2D eigenvalue weighted by Crippen LogP contribution is 2.30. The number of amides is 1. The van der Waals surface area contributed by atoms with Crippen LogP contribution in [0.2, 0.25) is 0 Å². The van der Waals surface area contributed by atoms with E-state index in [1.54, 1.807) is 0 Å². The topological polar surface area (TPSA) is 50.7 Å².